The molecule has 2 heteroatoms. The number of hydrogen-bond acceptors (Lipinski definition) is 0. The van der Waals surface area contributed by atoms with Gasteiger partial charge in [0.05, 0.1) is 0 Å². The van der Waals surface area contributed by atoms with E-state index in [4.69, 9.17) is 0 Å². The molecule has 1 rings (SSSR count). The minimum Gasteiger partial charge on any atom is -0.245 e. The van der Waals surface area contributed by atoms with Crippen molar-refractivity contribution in [3.63, 3.8) is 0 Å². The average molecular weight is 331 g/mol. The van der Waals surface area contributed by atoms with E-state index in [9.17, 15) is 8.78 Å². The van der Waals surface area contributed by atoms with Crippen LogP contribution >= 0.6 is 0 Å². The molecule has 0 aromatic rings. The lowest BCUT2D eigenvalue weighted by atomic mass is 9.79. The van der Waals surface area contributed by atoms with Crippen LogP contribution in [0.25, 0.3) is 0 Å². The molecule has 138 valence electrons. The molecule has 1 fully saturated rings. The summed E-state index contributed by atoms with van der Waals surface area (Å²) < 4.78 is 26.9. The Labute approximate surface area is 143 Å². The summed E-state index contributed by atoms with van der Waals surface area (Å²) in [7, 11) is 0. The van der Waals surface area contributed by atoms with Crippen molar-refractivity contribution < 1.29 is 8.78 Å². The quantitative estimate of drug-likeness (QED) is 0.363. The molecule has 6 unspecified atom stereocenters. The lowest BCUT2D eigenvalue weighted by Crippen LogP contribution is -2.23. The topological polar surface area (TPSA) is 0 Å². The minimum absolute atomic E-state index is 0.349. The lowest BCUT2D eigenvalue weighted by Gasteiger charge is -2.27. The molecule has 0 spiro atoms. The van der Waals surface area contributed by atoms with Gasteiger partial charge in [0.25, 0.3) is 0 Å². The van der Waals surface area contributed by atoms with Crippen LogP contribution in [-0.4, -0.2) is 12.3 Å². The number of halogens is 2. The molecule has 0 amide bonds. The third-order valence-electron chi connectivity index (χ3n) is 6.31. The highest BCUT2D eigenvalue weighted by Gasteiger charge is 2.25. The molecule has 23 heavy (non-hydrogen) atoms. The van der Waals surface area contributed by atoms with Gasteiger partial charge in [0.2, 0.25) is 0 Å². The van der Waals surface area contributed by atoms with E-state index in [1.165, 1.54) is 58.3 Å². The summed E-state index contributed by atoms with van der Waals surface area (Å²) in [6.45, 7) is 8.09. The van der Waals surface area contributed by atoms with Gasteiger partial charge in [-0.15, -0.1) is 0 Å². The van der Waals surface area contributed by atoms with E-state index in [0.29, 0.717) is 18.3 Å². The van der Waals surface area contributed by atoms with E-state index in [1.54, 1.807) is 0 Å². The van der Waals surface area contributed by atoms with Gasteiger partial charge in [-0.1, -0.05) is 85.0 Å². The zero-order valence-electron chi connectivity index (χ0n) is 16.0. The molecule has 0 saturated heterocycles. The Morgan fingerprint density at radius 1 is 0.957 bits per heavy atom. The molecule has 0 N–H and O–H groups in total. The van der Waals surface area contributed by atoms with Crippen LogP contribution in [0, 0.1) is 23.7 Å². The monoisotopic (exact) mass is 330 g/mol. The van der Waals surface area contributed by atoms with Gasteiger partial charge in [-0.05, 0) is 37.0 Å². The van der Waals surface area contributed by atoms with Gasteiger partial charge >= 0.3 is 0 Å². The van der Waals surface area contributed by atoms with Gasteiger partial charge < -0.3 is 0 Å². The van der Waals surface area contributed by atoms with Crippen molar-refractivity contribution in [3.8, 4) is 0 Å². The predicted molar refractivity (Wildman–Crippen MR) is 97.2 cm³/mol. The maximum Gasteiger partial charge on any atom is 0.131 e. The summed E-state index contributed by atoms with van der Waals surface area (Å²) >= 11 is 0. The highest BCUT2D eigenvalue weighted by atomic mass is 19.2. The summed E-state index contributed by atoms with van der Waals surface area (Å²) in [5.41, 5.74) is 0. The van der Waals surface area contributed by atoms with E-state index in [2.05, 4.69) is 20.8 Å². The average Bonchev–Trinajstić information content (AvgIpc) is 2.74. The lowest BCUT2D eigenvalue weighted by molar-refractivity contribution is 0.127. The Morgan fingerprint density at radius 2 is 1.65 bits per heavy atom. The molecule has 0 aromatic heterocycles. The van der Waals surface area contributed by atoms with Gasteiger partial charge in [0, 0.05) is 0 Å². The normalized spacial score (nSPS) is 27.9. The van der Waals surface area contributed by atoms with Gasteiger partial charge in [-0.25, -0.2) is 8.78 Å². The largest absolute Gasteiger partial charge is 0.245 e. The van der Waals surface area contributed by atoms with Crippen molar-refractivity contribution in [2.24, 2.45) is 23.7 Å². The Kier molecular flexibility index (Phi) is 10.4. The standard InChI is InChI=1S/C21H40F2/c1-5-19(20(6-2)15-21(23)17(4)22)12-8-11-18-10-7-9-16(3)13-14-18/h16-21H,5-15H2,1-4H3. The van der Waals surface area contributed by atoms with Gasteiger partial charge in [0.1, 0.15) is 12.3 Å². The van der Waals surface area contributed by atoms with E-state index in [1.807, 2.05) is 0 Å². The molecule has 0 radical (unpaired) electrons. The fraction of sp³-hybridized carbons (Fsp3) is 1.00. The van der Waals surface area contributed by atoms with E-state index in [0.717, 1.165) is 24.7 Å². The number of hydrogen-bond donors (Lipinski definition) is 0. The van der Waals surface area contributed by atoms with Crippen LogP contribution in [0.1, 0.15) is 98.3 Å². The first-order chi connectivity index (χ1) is 11.0. The number of rotatable bonds is 10. The first kappa shape index (κ1) is 20.9. The molecule has 1 aliphatic carbocycles. The molecule has 0 heterocycles. The van der Waals surface area contributed by atoms with Crippen LogP contribution in [-0.2, 0) is 0 Å². The molecule has 1 saturated carbocycles. The van der Waals surface area contributed by atoms with Crippen molar-refractivity contribution in [2.75, 3.05) is 0 Å². The predicted octanol–water partition coefficient (Wildman–Crippen LogP) is 7.51. The van der Waals surface area contributed by atoms with Crippen molar-refractivity contribution >= 4 is 0 Å². The summed E-state index contributed by atoms with van der Waals surface area (Å²) in [5.74, 6) is 2.75. The maximum absolute atomic E-state index is 13.8. The SMILES string of the molecule is CCC(CCCC1CCCC(C)CC1)C(CC)CC(F)C(C)F. The highest BCUT2D eigenvalue weighted by molar-refractivity contribution is 4.76. The molecule has 1 aliphatic rings. The third kappa shape index (κ3) is 7.98. The molecule has 6 atom stereocenters. The van der Waals surface area contributed by atoms with Gasteiger partial charge in [-0.3, -0.25) is 0 Å². The van der Waals surface area contributed by atoms with Gasteiger partial charge in [-0.2, -0.15) is 0 Å². The minimum atomic E-state index is -1.32. The Balaban J connectivity index is 2.36. The van der Waals surface area contributed by atoms with Crippen LogP contribution < -0.4 is 0 Å². The zero-order valence-corrected chi connectivity index (χ0v) is 16.0. The van der Waals surface area contributed by atoms with E-state index in [-0.39, 0.29) is 0 Å². The summed E-state index contributed by atoms with van der Waals surface area (Å²) in [4.78, 5) is 0. The van der Waals surface area contributed by atoms with Gasteiger partial charge in [0.15, 0.2) is 0 Å². The zero-order chi connectivity index (χ0) is 17.2. The Hall–Kier alpha value is -0.140. The summed E-state index contributed by atoms with van der Waals surface area (Å²) in [6.07, 6.45) is 10.7. The van der Waals surface area contributed by atoms with Crippen LogP contribution in [0.15, 0.2) is 0 Å². The Bertz CT molecular complexity index is 290. The first-order valence-corrected chi connectivity index (χ1v) is 10.3. The molecular formula is C21H40F2. The molecule has 0 nitrogen and oxygen atoms in total. The van der Waals surface area contributed by atoms with Crippen molar-refractivity contribution in [3.05, 3.63) is 0 Å². The molecule has 0 aromatic carbocycles. The van der Waals surface area contributed by atoms with E-state index < -0.39 is 12.3 Å². The second-order valence-corrected chi connectivity index (χ2v) is 8.18. The second kappa shape index (κ2) is 11.4. The highest BCUT2D eigenvalue weighted by Crippen LogP contribution is 2.34. The second-order valence-electron chi connectivity index (χ2n) is 8.18. The Morgan fingerprint density at radius 3 is 2.26 bits per heavy atom. The van der Waals surface area contributed by atoms with Crippen LogP contribution in [0.3, 0.4) is 0 Å². The third-order valence-corrected chi connectivity index (χ3v) is 6.31. The summed E-state index contributed by atoms with van der Waals surface area (Å²) in [6, 6.07) is 0. The fourth-order valence-electron chi connectivity index (χ4n) is 4.46. The van der Waals surface area contributed by atoms with Crippen LogP contribution in [0.4, 0.5) is 8.78 Å². The van der Waals surface area contributed by atoms with Crippen molar-refractivity contribution in [1.29, 1.82) is 0 Å². The number of alkyl halides is 2. The smallest absolute Gasteiger partial charge is 0.131 e. The molecule has 0 bridgehead atoms. The fourth-order valence-corrected chi connectivity index (χ4v) is 4.46. The van der Waals surface area contributed by atoms with Crippen molar-refractivity contribution in [1.82, 2.24) is 0 Å². The summed E-state index contributed by atoms with van der Waals surface area (Å²) in [5, 5.41) is 0. The van der Waals surface area contributed by atoms with Crippen molar-refractivity contribution in [2.45, 2.75) is 111 Å². The first-order valence-electron chi connectivity index (χ1n) is 10.3. The van der Waals surface area contributed by atoms with Crippen LogP contribution in [0.5, 0.6) is 0 Å². The molecular weight excluding hydrogens is 290 g/mol. The van der Waals surface area contributed by atoms with Crippen LogP contribution in [0.2, 0.25) is 0 Å². The maximum atomic E-state index is 13.8. The van der Waals surface area contributed by atoms with E-state index >= 15 is 0 Å². The molecule has 0 aliphatic heterocycles.